The molecule has 0 atom stereocenters. The van der Waals surface area contributed by atoms with Crippen LogP contribution in [0, 0.1) is 0 Å². The number of H-pyrrole nitrogens is 1. The molecule has 0 radical (unpaired) electrons. The molecule has 0 saturated heterocycles. The van der Waals surface area contributed by atoms with E-state index >= 15 is 0 Å². The number of hydrogen-bond acceptors (Lipinski definition) is 3. The predicted molar refractivity (Wildman–Crippen MR) is 123 cm³/mol. The fourth-order valence-corrected chi connectivity index (χ4v) is 3.77. The van der Waals surface area contributed by atoms with E-state index in [9.17, 15) is 0 Å². The van der Waals surface area contributed by atoms with Gasteiger partial charge in [-0.1, -0.05) is 74.3 Å². The van der Waals surface area contributed by atoms with Gasteiger partial charge in [-0.05, 0) is 36.4 Å². The summed E-state index contributed by atoms with van der Waals surface area (Å²) < 4.78 is 2.03. The van der Waals surface area contributed by atoms with Crippen molar-refractivity contribution in [1.82, 2.24) is 20.2 Å². The third-order valence-electron chi connectivity index (χ3n) is 4.69. The maximum atomic E-state index is 4.91. The smallest absolute Gasteiger partial charge is 0.198 e. The van der Waals surface area contributed by atoms with Crippen LogP contribution in [0.15, 0.2) is 87.8 Å². The number of fused-ring (bicyclic) bond motifs is 1. The number of aromatic amines is 1. The molecule has 5 aromatic rings. The Labute approximate surface area is 184 Å². The lowest BCUT2D eigenvalue weighted by Gasteiger charge is -2.09. The largest absolute Gasteiger partial charge is 0.352 e. The van der Waals surface area contributed by atoms with E-state index in [1.807, 2.05) is 66.7 Å². The first-order valence-electron chi connectivity index (χ1n) is 9.02. The number of hydrogen-bond donors (Lipinski definition) is 1. The Balaban J connectivity index is 1.69. The highest BCUT2D eigenvalue weighted by atomic mass is 79.9. The second kappa shape index (κ2) is 7.54. The second-order valence-corrected chi connectivity index (χ2v) is 8.45. The van der Waals surface area contributed by atoms with Gasteiger partial charge in [-0.25, -0.2) is 4.98 Å². The lowest BCUT2D eigenvalue weighted by atomic mass is 10.0. The molecule has 0 bridgehead atoms. The van der Waals surface area contributed by atoms with E-state index in [1.54, 1.807) is 0 Å². The molecule has 1 N–H and O–H groups in total. The number of aromatic nitrogens is 4. The van der Waals surface area contributed by atoms with Crippen molar-refractivity contribution in [3.8, 4) is 34.0 Å². The van der Waals surface area contributed by atoms with E-state index in [-0.39, 0.29) is 0 Å². The fraction of sp³-hybridized carbons (Fsp3) is 0. The molecule has 0 aliphatic carbocycles. The number of halogens is 2. The molecular formula is C23H14Br2N4. The van der Waals surface area contributed by atoms with Crippen molar-refractivity contribution < 1.29 is 0 Å². The van der Waals surface area contributed by atoms with Crippen LogP contribution in [0.3, 0.4) is 0 Å². The van der Waals surface area contributed by atoms with Crippen LogP contribution >= 0.6 is 31.9 Å². The zero-order valence-electron chi connectivity index (χ0n) is 15.1. The molecular weight excluding hydrogens is 492 g/mol. The van der Waals surface area contributed by atoms with Gasteiger partial charge >= 0.3 is 0 Å². The lowest BCUT2D eigenvalue weighted by molar-refractivity contribution is 0.985. The van der Waals surface area contributed by atoms with Gasteiger partial charge in [0, 0.05) is 31.0 Å². The first-order valence-corrected chi connectivity index (χ1v) is 10.6. The fourth-order valence-electron chi connectivity index (χ4n) is 3.25. The lowest BCUT2D eigenvalue weighted by Crippen LogP contribution is -2.00. The number of nitrogens with one attached hydrogen (secondary N) is 1. The Morgan fingerprint density at radius 2 is 1.28 bits per heavy atom. The summed E-state index contributed by atoms with van der Waals surface area (Å²) in [6.07, 6.45) is 0. The van der Waals surface area contributed by atoms with Crippen molar-refractivity contribution in [2.45, 2.75) is 0 Å². The first kappa shape index (κ1) is 18.2. The molecule has 0 spiro atoms. The van der Waals surface area contributed by atoms with E-state index in [2.05, 4.69) is 59.2 Å². The van der Waals surface area contributed by atoms with Crippen molar-refractivity contribution in [2.75, 3.05) is 0 Å². The molecule has 2 aromatic heterocycles. The molecule has 140 valence electrons. The van der Waals surface area contributed by atoms with Gasteiger partial charge in [0.25, 0.3) is 0 Å². The summed E-state index contributed by atoms with van der Waals surface area (Å²) in [4.78, 5) is 8.29. The van der Waals surface area contributed by atoms with Gasteiger partial charge in [0.05, 0.1) is 5.69 Å². The minimum atomic E-state index is 0.569. The third kappa shape index (κ3) is 3.61. The molecule has 0 aliphatic rings. The topological polar surface area (TPSA) is 54.5 Å². The Hall–Kier alpha value is -2.83. The van der Waals surface area contributed by atoms with E-state index in [0.717, 1.165) is 48.1 Å². The molecule has 0 amide bonds. The quantitative estimate of drug-likeness (QED) is 0.291. The molecule has 3 aromatic carbocycles. The van der Waals surface area contributed by atoms with Gasteiger partial charge in [0.15, 0.2) is 5.82 Å². The molecule has 0 fully saturated rings. The maximum absolute atomic E-state index is 4.91. The van der Waals surface area contributed by atoms with Crippen molar-refractivity contribution in [1.29, 1.82) is 0 Å². The van der Waals surface area contributed by atoms with Gasteiger partial charge in [-0.2, -0.15) is 0 Å². The summed E-state index contributed by atoms with van der Waals surface area (Å²) in [5.74, 6) is 0.569. The van der Waals surface area contributed by atoms with E-state index in [1.165, 1.54) is 0 Å². The van der Waals surface area contributed by atoms with Crippen molar-refractivity contribution in [3.63, 3.8) is 0 Å². The van der Waals surface area contributed by atoms with E-state index in [0.29, 0.717) is 5.82 Å². The van der Waals surface area contributed by atoms with Crippen molar-refractivity contribution >= 4 is 42.8 Å². The molecule has 0 aliphatic heterocycles. The SMILES string of the molecule is Brc1ccc(-c2nnc(-c3cc4ccccc4[nH]3)nc2-c2ccc(Br)cc2)cc1. The molecule has 2 heterocycles. The summed E-state index contributed by atoms with van der Waals surface area (Å²) in [5.41, 5.74) is 5.39. The number of rotatable bonds is 3. The van der Waals surface area contributed by atoms with Gasteiger partial charge < -0.3 is 4.98 Å². The standard InChI is InChI=1S/C23H14Br2N4/c24-17-9-5-14(6-10-17)21-22(15-7-11-18(25)12-8-15)28-29-23(27-21)20-13-16-3-1-2-4-19(16)26-20/h1-13,26H. The minimum absolute atomic E-state index is 0.569. The summed E-state index contributed by atoms with van der Waals surface area (Å²) in [6.45, 7) is 0. The van der Waals surface area contributed by atoms with Crippen LogP contribution in [0.25, 0.3) is 44.9 Å². The average molecular weight is 506 g/mol. The maximum Gasteiger partial charge on any atom is 0.198 e. The molecule has 6 heteroatoms. The molecule has 4 nitrogen and oxygen atoms in total. The van der Waals surface area contributed by atoms with Gasteiger partial charge in [-0.15, -0.1) is 10.2 Å². The Morgan fingerprint density at radius 1 is 0.655 bits per heavy atom. The summed E-state index contributed by atoms with van der Waals surface area (Å²) in [5, 5.41) is 10.1. The van der Waals surface area contributed by atoms with Crippen LogP contribution in [0.1, 0.15) is 0 Å². The highest BCUT2D eigenvalue weighted by molar-refractivity contribution is 9.10. The number of nitrogens with zero attached hydrogens (tertiary/aromatic N) is 3. The van der Waals surface area contributed by atoms with Crippen molar-refractivity contribution in [2.24, 2.45) is 0 Å². The number of para-hydroxylation sites is 1. The molecule has 29 heavy (non-hydrogen) atoms. The Kier molecular flexibility index (Phi) is 4.73. The van der Waals surface area contributed by atoms with Gasteiger partial charge in [0.2, 0.25) is 0 Å². The zero-order valence-corrected chi connectivity index (χ0v) is 18.3. The zero-order chi connectivity index (χ0) is 19.8. The highest BCUT2D eigenvalue weighted by Gasteiger charge is 2.16. The van der Waals surface area contributed by atoms with Crippen LogP contribution in [0.5, 0.6) is 0 Å². The van der Waals surface area contributed by atoms with Crippen LogP contribution in [0.2, 0.25) is 0 Å². The van der Waals surface area contributed by atoms with Crippen LogP contribution in [0.4, 0.5) is 0 Å². The normalized spacial score (nSPS) is 11.1. The molecule has 5 rings (SSSR count). The predicted octanol–water partition coefficient (Wildman–Crippen LogP) is 6.88. The Morgan fingerprint density at radius 3 is 1.93 bits per heavy atom. The van der Waals surface area contributed by atoms with E-state index in [4.69, 9.17) is 4.98 Å². The second-order valence-electron chi connectivity index (χ2n) is 6.62. The van der Waals surface area contributed by atoms with Gasteiger partial charge in [0.1, 0.15) is 11.4 Å². The third-order valence-corrected chi connectivity index (χ3v) is 5.75. The van der Waals surface area contributed by atoms with Gasteiger partial charge in [-0.3, -0.25) is 0 Å². The highest BCUT2D eigenvalue weighted by Crippen LogP contribution is 2.32. The molecule has 0 unspecified atom stereocenters. The number of benzene rings is 3. The van der Waals surface area contributed by atoms with Crippen molar-refractivity contribution in [3.05, 3.63) is 87.8 Å². The summed E-state index contributed by atoms with van der Waals surface area (Å²) in [7, 11) is 0. The first-order chi connectivity index (χ1) is 14.2. The average Bonchev–Trinajstić information content (AvgIpc) is 3.19. The van der Waals surface area contributed by atoms with E-state index < -0.39 is 0 Å². The van der Waals surface area contributed by atoms with Crippen LogP contribution in [-0.2, 0) is 0 Å². The minimum Gasteiger partial charge on any atom is -0.352 e. The van der Waals surface area contributed by atoms with Crippen LogP contribution < -0.4 is 0 Å². The Bertz CT molecular complexity index is 1280. The monoisotopic (exact) mass is 504 g/mol. The van der Waals surface area contributed by atoms with Crippen LogP contribution in [-0.4, -0.2) is 20.2 Å². The summed E-state index contributed by atoms with van der Waals surface area (Å²) >= 11 is 6.99. The molecule has 0 saturated carbocycles. The summed E-state index contributed by atoms with van der Waals surface area (Å²) in [6, 6.07) is 26.3.